The number of sulfonamides is 1. The van der Waals surface area contributed by atoms with Crippen LogP contribution < -0.4 is 5.73 Å². The molecule has 0 saturated carbocycles. The third-order valence-electron chi connectivity index (χ3n) is 3.30. The molecule has 21 heavy (non-hydrogen) atoms. The summed E-state index contributed by atoms with van der Waals surface area (Å²) in [4.78, 5) is 0.551. The zero-order valence-electron chi connectivity index (χ0n) is 12.9. The van der Waals surface area contributed by atoms with Gasteiger partial charge in [0.05, 0.1) is 4.90 Å². The maximum Gasteiger partial charge on any atom is 0.243 e. The van der Waals surface area contributed by atoms with Crippen LogP contribution in [0.4, 0.5) is 0 Å². The molecule has 0 atom stereocenters. The molecule has 0 spiro atoms. The molecule has 0 aromatic heterocycles. The summed E-state index contributed by atoms with van der Waals surface area (Å²) < 4.78 is 27.0. The van der Waals surface area contributed by atoms with Gasteiger partial charge in [0.2, 0.25) is 10.0 Å². The van der Waals surface area contributed by atoms with Gasteiger partial charge in [-0.15, -0.1) is 0 Å². The average molecular weight is 329 g/mol. The predicted molar refractivity (Wildman–Crippen MR) is 90.9 cm³/mol. The van der Waals surface area contributed by atoms with Crippen LogP contribution in [0.15, 0.2) is 29.2 Å². The van der Waals surface area contributed by atoms with E-state index in [1.165, 1.54) is 0 Å². The first-order valence-corrected chi connectivity index (χ1v) is 9.07. The van der Waals surface area contributed by atoms with Gasteiger partial charge in [0.1, 0.15) is 4.99 Å². The van der Waals surface area contributed by atoms with E-state index < -0.39 is 10.0 Å². The van der Waals surface area contributed by atoms with Crippen LogP contribution in [0.25, 0.3) is 0 Å². The Morgan fingerprint density at radius 1 is 1.24 bits per heavy atom. The van der Waals surface area contributed by atoms with Gasteiger partial charge in [-0.05, 0) is 32.4 Å². The van der Waals surface area contributed by atoms with Crippen LogP contribution in [0.1, 0.15) is 45.6 Å². The number of hydrogen-bond donors (Lipinski definition) is 1. The molecular formula is C15H24N2O2S2. The fourth-order valence-corrected chi connectivity index (χ4v) is 3.91. The van der Waals surface area contributed by atoms with Crippen molar-refractivity contribution in [2.75, 3.05) is 6.54 Å². The molecule has 0 fully saturated rings. The van der Waals surface area contributed by atoms with E-state index in [0.29, 0.717) is 12.1 Å². The molecule has 1 aromatic carbocycles. The lowest BCUT2D eigenvalue weighted by molar-refractivity contribution is 0.345. The van der Waals surface area contributed by atoms with Crippen molar-refractivity contribution in [1.29, 1.82) is 0 Å². The van der Waals surface area contributed by atoms with Gasteiger partial charge in [0, 0.05) is 18.2 Å². The molecule has 0 aliphatic heterocycles. The quantitative estimate of drug-likeness (QED) is 0.589. The Balaban J connectivity index is 3.02. The molecule has 6 heteroatoms. The number of thiocarbonyl (C=S) groups is 1. The lowest BCUT2D eigenvalue weighted by atomic mass is 10.2. The highest BCUT2D eigenvalue weighted by molar-refractivity contribution is 7.89. The summed E-state index contributed by atoms with van der Waals surface area (Å²) in [6.07, 6.45) is 2.96. The van der Waals surface area contributed by atoms with Gasteiger partial charge < -0.3 is 5.73 Å². The predicted octanol–water partition coefficient (Wildman–Crippen LogP) is 2.91. The molecule has 0 aliphatic rings. The summed E-state index contributed by atoms with van der Waals surface area (Å²) in [6.45, 7) is 6.44. The molecule has 0 bridgehead atoms. The molecule has 0 radical (unpaired) electrons. The van der Waals surface area contributed by atoms with E-state index in [2.05, 4.69) is 6.92 Å². The van der Waals surface area contributed by atoms with E-state index in [1.807, 2.05) is 13.8 Å². The van der Waals surface area contributed by atoms with Crippen LogP contribution in [0, 0.1) is 0 Å². The van der Waals surface area contributed by atoms with Crippen molar-refractivity contribution in [2.24, 2.45) is 5.73 Å². The molecule has 0 unspecified atom stereocenters. The Bertz CT molecular complexity index is 566. The van der Waals surface area contributed by atoms with Crippen molar-refractivity contribution in [3.05, 3.63) is 29.8 Å². The van der Waals surface area contributed by atoms with E-state index in [4.69, 9.17) is 18.0 Å². The molecule has 118 valence electrons. The highest BCUT2D eigenvalue weighted by Gasteiger charge is 2.26. The van der Waals surface area contributed by atoms with E-state index in [0.717, 1.165) is 19.3 Å². The maximum absolute atomic E-state index is 12.7. The Morgan fingerprint density at radius 2 is 1.81 bits per heavy atom. The minimum atomic E-state index is -3.47. The summed E-state index contributed by atoms with van der Waals surface area (Å²) in [7, 11) is -3.47. The number of hydrogen-bond acceptors (Lipinski definition) is 3. The van der Waals surface area contributed by atoms with Gasteiger partial charge in [-0.2, -0.15) is 4.31 Å². The molecular weight excluding hydrogens is 304 g/mol. The first-order chi connectivity index (χ1) is 9.80. The summed E-state index contributed by atoms with van der Waals surface area (Å²) >= 11 is 4.88. The van der Waals surface area contributed by atoms with Gasteiger partial charge in [-0.1, -0.05) is 44.1 Å². The smallest absolute Gasteiger partial charge is 0.243 e. The minimum Gasteiger partial charge on any atom is -0.389 e. The van der Waals surface area contributed by atoms with Crippen molar-refractivity contribution in [2.45, 2.75) is 51.0 Å². The topological polar surface area (TPSA) is 63.4 Å². The van der Waals surface area contributed by atoms with Crippen LogP contribution in [-0.4, -0.2) is 30.3 Å². The fraction of sp³-hybridized carbons (Fsp3) is 0.533. The van der Waals surface area contributed by atoms with Gasteiger partial charge in [0.15, 0.2) is 0 Å². The second kappa shape index (κ2) is 7.87. The highest BCUT2D eigenvalue weighted by Crippen LogP contribution is 2.19. The largest absolute Gasteiger partial charge is 0.389 e. The zero-order valence-corrected chi connectivity index (χ0v) is 14.5. The van der Waals surface area contributed by atoms with Crippen LogP contribution in [0.5, 0.6) is 0 Å². The van der Waals surface area contributed by atoms with E-state index in [9.17, 15) is 8.42 Å². The van der Waals surface area contributed by atoms with Crippen molar-refractivity contribution in [3.8, 4) is 0 Å². The molecule has 1 aromatic rings. The van der Waals surface area contributed by atoms with E-state index >= 15 is 0 Å². The Labute approximate surface area is 133 Å². The summed E-state index contributed by atoms with van der Waals surface area (Å²) in [5.74, 6) is 0. The molecule has 2 N–H and O–H groups in total. The summed E-state index contributed by atoms with van der Waals surface area (Å²) in [5, 5.41) is 0. The second-order valence-electron chi connectivity index (χ2n) is 5.31. The normalized spacial score (nSPS) is 12.0. The van der Waals surface area contributed by atoms with E-state index in [-0.39, 0.29) is 15.9 Å². The van der Waals surface area contributed by atoms with E-state index in [1.54, 1.807) is 28.6 Å². The monoisotopic (exact) mass is 328 g/mol. The van der Waals surface area contributed by atoms with Gasteiger partial charge in [0.25, 0.3) is 0 Å². The fourth-order valence-electron chi connectivity index (χ4n) is 2.10. The molecule has 1 rings (SSSR count). The number of nitrogens with two attached hydrogens (primary N) is 1. The molecule has 0 heterocycles. The standard InChI is InChI=1S/C15H24N2O2S2/c1-4-5-6-11-17(12(2)3)21(18,19)14-9-7-13(8-10-14)15(16)20/h7-10,12H,4-6,11H2,1-3H3,(H2,16,20). The number of unbranched alkanes of at least 4 members (excludes halogenated alkanes) is 2. The highest BCUT2D eigenvalue weighted by atomic mass is 32.2. The van der Waals surface area contributed by atoms with Gasteiger partial charge in [-0.3, -0.25) is 0 Å². The average Bonchev–Trinajstić information content (AvgIpc) is 2.43. The number of rotatable bonds is 8. The lowest BCUT2D eigenvalue weighted by Crippen LogP contribution is -2.37. The summed E-state index contributed by atoms with van der Waals surface area (Å²) in [5.41, 5.74) is 6.21. The molecule has 4 nitrogen and oxygen atoms in total. The van der Waals surface area contributed by atoms with Gasteiger partial charge >= 0.3 is 0 Å². The molecule has 0 amide bonds. The van der Waals surface area contributed by atoms with Crippen LogP contribution in [0.3, 0.4) is 0 Å². The zero-order chi connectivity index (χ0) is 16.0. The number of benzene rings is 1. The minimum absolute atomic E-state index is 0.0675. The lowest BCUT2D eigenvalue weighted by Gasteiger charge is -2.26. The maximum atomic E-state index is 12.7. The third kappa shape index (κ3) is 4.76. The van der Waals surface area contributed by atoms with Crippen molar-refractivity contribution >= 4 is 27.2 Å². The second-order valence-corrected chi connectivity index (χ2v) is 7.64. The Kier molecular flexibility index (Phi) is 6.77. The van der Waals surface area contributed by atoms with Crippen molar-refractivity contribution in [3.63, 3.8) is 0 Å². The summed E-state index contributed by atoms with van der Waals surface area (Å²) in [6, 6.07) is 6.37. The van der Waals surface area contributed by atoms with Crippen LogP contribution in [0.2, 0.25) is 0 Å². The molecule has 0 saturated heterocycles. The SMILES string of the molecule is CCCCCN(C(C)C)S(=O)(=O)c1ccc(C(N)=S)cc1. The molecule has 0 aliphatic carbocycles. The van der Waals surface area contributed by atoms with Crippen LogP contribution in [-0.2, 0) is 10.0 Å². The first kappa shape index (κ1) is 18.1. The van der Waals surface area contributed by atoms with Gasteiger partial charge in [-0.25, -0.2) is 8.42 Å². The Hall–Kier alpha value is -0.980. The van der Waals surface area contributed by atoms with Crippen molar-refractivity contribution in [1.82, 2.24) is 4.31 Å². The number of nitrogens with zero attached hydrogens (tertiary/aromatic N) is 1. The third-order valence-corrected chi connectivity index (χ3v) is 5.63. The first-order valence-electron chi connectivity index (χ1n) is 7.22. The Morgan fingerprint density at radius 3 is 2.24 bits per heavy atom. The van der Waals surface area contributed by atoms with Crippen molar-refractivity contribution < 1.29 is 8.42 Å². The van der Waals surface area contributed by atoms with Crippen LogP contribution >= 0.6 is 12.2 Å².